The van der Waals surface area contributed by atoms with Crippen LogP contribution in [0, 0.1) is 6.92 Å². The molecule has 1 aromatic heterocycles. The van der Waals surface area contributed by atoms with Crippen molar-refractivity contribution in [2.45, 2.75) is 32.2 Å². The maximum absolute atomic E-state index is 14.0. The molecule has 6 nitrogen and oxygen atoms in total. The first-order valence-electron chi connectivity index (χ1n) is 12.5. The number of ether oxygens (including phenoxy) is 1. The number of H-pyrrole nitrogens is 1. The molecule has 1 fully saturated rings. The van der Waals surface area contributed by atoms with E-state index in [1.165, 1.54) is 0 Å². The number of carbonyl (C=O) groups is 2. The molecule has 4 aromatic rings. The number of hydrogen-bond donors (Lipinski definition) is 2. The largest absolute Gasteiger partial charge is 0.496 e. The van der Waals surface area contributed by atoms with Gasteiger partial charge in [0.2, 0.25) is 5.91 Å². The van der Waals surface area contributed by atoms with Gasteiger partial charge in [0.25, 0.3) is 0 Å². The molecule has 3 aromatic carbocycles. The van der Waals surface area contributed by atoms with Gasteiger partial charge >= 0.3 is 0 Å². The van der Waals surface area contributed by atoms with Crippen molar-refractivity contribution < 1.29 is 14.3 Å². The predicted octanol–water partition coefficient (Wildman–Crippen LogP) is 5.70. The zero-order chi connectivity index (χ0) is 25.9. The Hall–Kier alpha value is -3.61. The molecule has 37 heavy (non-hydrogen) atoms. The Kier molecular flexibility index (Phi) is 7.31. The van der Waals surface area contributed by atoms with E-state index in [1.54, 1.807) is 37.4 Å². The fourth-order valence-electron chi connectivity index (χ4n) is 5.28. The molecular weight excluding hydrogens is 486 g/mol. The number of halogens is 1. The number of piperidine rings is 1. The molecule has 5 rings (SSSR count). The van der Waals surface area contributed by atoms with E-state index in [0.717, 1.165) is 53.8 Å². The maximum Gasteiger partial charge on any atom is 0.231 e. The zero-order valence-corrected chi connectivity index (χ0v) is 21.8. The number of para-hydroxylation sites is 1. The molecule has 0 atom stereocenters. The van der Waals surface area contributed by atoms with Crippen LogP contribution in [0.15, 0.2) is 66.7 Å². The van der Waals surface area contributed by atoms with E-state index >= 15 is 0 Å². The number of fused-ring (bicyclic) bond motifs is 1. The number of amides is 1. The highest BCUT2D eigenvalue weighted by Gasteiger charge is 2.29. The first kappa shape index (κ1) is 25.1. The predicted molar refractivity (Wildman–Crippen MR) is 148 cm³/mol. The standard InChI is InChI=1S/C30H30ClN3O3/c1-19-24(18-27(35)34(22-6-4-3-5-7-22)23-14-16-32-17-15-23)28-25(33-19)12-13-26(37-2)29(28)30(36)20-8-10-21(31)11-9-20/h3-13,23,32-33H,14-18H2,1-2H3. The third-order valence-corrected chi connectivity index (χ3v) is 7.35. The first-order valence-corrected chi connectivity index (χ1v) is 12.9. The van der Waals surface area contributed by atoms with Crippen LogP contribution in [0.3, 0.4) is 0 Å². The molecule has 1 amide bonds. The molecule has 1 saturated heterocycles. The second-order valence-electron chi connectivity index (χ2n) is 9.39. The third kappa shape index (κ3) is 4.99. The van der Waals surface area contributed by atoms with Gasteiger partial charge in [-0.3, -0.25) is 9.59 Å². The van der Waals surface area contributed by atoms with Crippen LogP contribution in [-0.2, 0) is 11.2 Å². The van der Waals surface area contributed by atoms with Crippen molar-refractivity contribution in [2.24, 2.45) is 0 Å². The fourth-order valence-corrected chi connectivity index (χ4v) is 5.40. The van der Waals surface area contributed by atoms with E-state index in [4.69, 9.17) is 16.3 Å². The number of benzene rings is 3. The van der Waals surface area contributed by atoms with Crippen molar-refractivity contribution in [1.29, 1.82) is 0 Å². The number of hydrogen-bond acceptors (Lipinski definition) is 4. The number of nitrogens with zero attached hydrogens (tertiary/aromatic N) is 1. The van der Waals surface area contributed by atoms with Crippen LogP contribution in [0.4, 0.5) is 5.69 Å². The van der Waals surface area contributed by atoms with Gasteiger partial charge in [0.15, 0.2) is 5.78 Å². The number of ketones is 1. The molecule has 2 heterocycles. The summed E-state index contributed by atoms with van der Waals surface area (Å²) >= 11 is 6.06. The summed E-state index contributed by atoms with van der Waals surface area (Å²) in [5, 5.41) is 4.67. The Morgan fingerprint density at radius 1 is 1.00 bits per heavy atom. The first-order chi connectivity index (χ1) is 18.0. The Balaban J connectivity index is 1.59. The monoisotopic (exact) mass is 515 g/mol. The van der Waals surface area contributed by atoms with Gasteiger partial charge in [-0.15, -0.1) is 0 Å². The van der Waals surface area contributed by atoms with Crippen LogP contribution in [0.25, 0.3) is 10.9 Å². The van der Waals surface area contributed by atoms with Crippen LogP contribution in [0.1, 0.15) is 40.0 Å². The Bertz CT molecular complexity index is 1420. The van der Waals surface area contributed by atoms with Gasteiger partial charge in [-0.05, 0) is 86.9 Å². The number of aryl methyl sites for hydroxylation is 1. The second kappa shape index (κ2) is 10.8. The van der Waals surface area contributed by atoms with Crippen LogP contribution >= 0.6 is 11.6 Å². The Morgan fingerprint density at radius 3 is 2.38 bits per heavy atom. The molecule has 0 aliphatic carbocycles. The number of carbonyl (C=O) groups excluding carboxylic acids is 2. The third-order valence-electron chi connectivity index (χ3n) is 7.10. The van der Waals surface area contributed by atoms with Crippen LogP contribution in [0.5, 0.6) is 5.75 Å². The topological polar surface area (TPSA) is 74.4 Å². The summed E-state index contributed by atoms with van der Waals surface area (Å²) in [6.07, 6.45) is 1.95. The molecule has 7 heteroatoms. The van der Waals surface area contributed by atoms with Gasteiger partial charge in [0.1, 0.15) is 5.75 Å². The quantitative estimate of drug-likeness (QED) is 0.310. The molecule has 1 aliphatic heterocycles. The SMILES string of the molecule is COc1ccc2[nH]c(C)c(CC(=O)N(c3ccccc3)C3CCNCC3)c2c1C(=O)c1ccc(Cl)cc1. The Labute approximate surface area is 221 Å². The molecule has 0 unspecified atom stereocenters. The lowest BCUT2D eigenvalue weighted by Gasteiger charge is -2.35. The Morgan fingerprint density at radius 2 is 1.70 bits per heavy atom. The summed E-state index contributed by atoms with van der Waals surface area (Å²) in [7, 11) is 1.55. The highest BCUT2D eigenvalue weighted by molar-refractivity contribution is 6.30. The second-order valence-corrected chi connectivity index (χ2v) is 9.82. The minimum atomic E-state index is -0.176. The van der Waals surface area contributed by atoms with Crippen molar-refractivity contribution >= 4 is 39.9 Å². The van der Waals surface area contributed by atoms with Gasteiger partial charge < -0.3 is 19.9 Å². The van der Waals surface area contributed by atoms with E-state index in [9.17, 15) is 9.59 Å². The highest BCUT2D eigenvalue weighted by atomic mass is 35.5. The lowest BCUT2D eigenvalue weighted by Crippen LogP contribution is -2.47. The molecule has 0 spiro atoms. The molecular formula is C30H30ClN3O3. The van der Waals surface area contributed by atoms with E-state index in [1.807, 2.05) is 48.2 Å². The van der Waals surface area contributed by atoms with Crippen molar-refractivity contribution in [3.05, 3.63) is 94.1 Å². The lowest BCUT2D eigenvalue weighted by atomic mass is 9.94. The average Bonchev–Trinajstić information content (AvgIpc) is 3.24. The van der Waals surface area contributed by atoms with Crippen molar-refractivity contribution in [2.75, 3.05) is 25.1 Å². The maximum atomic E-state index is 14.0. The minimum Gasteiger partial charge on any atom is -0.496 e. The molecule has 190 valence electrons. The van der Waals surface area contributed by atoms with Crippen LogP contribution in [-0.4, -0.2) is 42.9 Å². The number of methoxy groups -OCH3 is 1. The lowest BCUT2D eigenvalue weighted by molar-refractivity contribution is -0.118. The number of nitrogens with one attached hydrogen (secondary N) is 2. The normalized spacial score (nSPS) is 14.0. The number of aromatic amines is 1. The van der Waals surface area contributed by atoms with Gasteiger partial charge in [0, 0.05) is 38.9 Å². The van der Waals surface area contributed by atoms with Crippen LogP contribution < -0.4 is 15.0 Å². The highest BCUT2D eigenvalue weighted by Crippen LogP contribution is 2.35. The van der Waals surface area contributed by atoms with E-state index in [0.29, 0.717) is 21.9 Å². The summed E-state index contributed by atoms with van der Waals surface area (Å²) in [4.78, 5) is 33.1. The summed E-state index contributed by atoms with van der Waals surface area (Å²) in [6, 6.07) is 20.5. The van der Waals surface area contributed by atoms with E-state index in [2.05, 4.69) is 10.3 Å². The summed E-state index contributed by atoms with van der Waals surface area (Å²) in [6.45, 7) is 3.71. The summed E-state index contributed by atoms with van der Waals surface area (Å²) < 4.78 is 5.64. The smallest absolute Gasteiger partial charge is 0.231 e. The number of aromatic nitrogens is 1. The van der Waals surface area contributed by atoms with Gasteiger partial charge in [-0.2, -0.15) is 0 Å². The summed E-state index contributed by atoms with van der Waals surface area (Å²) in [5.41, 5.74) is 4.32. The van der Waals surface area contributed by atoms with Crippen LogP contribution in [0.2, 0.25) is 5.02 Å². The minimum absolute atomic E-state index is 0.00909. The van der Waals surface area contributed by atoms with Gasteiger partial charge in [0.05, 0.1) is 19.1 Å². The molecule has 2 N–H and O–H groups in total. The van der Waals surface area contributed by atoms with Crippen molar-refractivity contribution in [1.82, 2.24) is 10.3 Å². The van der Waals surface area contributed by atoms with Gasteiger partial charge in [-0.1, -0.05) is 29.8 Å². The van der Waals surface area contributed by atoms with Crippen molar-refractivity contribution in [3.63, 3.8) is 0 Å². The van der Waals surface area contributed by atoms with Gasteiger partial charge in [-0.25, -0.2) is 0 Å². The number of anilines is 1. The van der Waals surface area contributed by atoms with Crippen molar-refractivity contribution in [3.8, 4) is 5.75 Å². The fraction of sp³-hybridized carbons (Fsp3) is 0.267. The molecule has 1 aliphatic rings. The zero-order valence-electron chi connectivity index (χ0n) is 21.0. The number of rotatable bonds is 7. The van der Waals surface area contributed by atoms with E-state index in [-0.39, 0.29) is 24.2 Å². The molecule has 0 radical (unpaired) electrons. The van der Waals surface area contributed by atoms with E-state index < -0.39 is 0 Å². The average molecular weight is 516 g/mol. The molecule has 0 saturated carbocycles. The molecule has 0 bridgehead atoms. The summed E-state index contributed by atoms with van der Waals surface area (Å²) in [5.74, 6) is 0.304.